The van der Waals surface area contributed by atoms with Crippen molar-refractivity contribution < 1.29 is 9.59 Å². The van der Waals surface area contributed by atoms with E-state index in [1.165, 1.54) is 0 Å². The number of amides is 2. The van der Waals surface area contributed by atoms with Crippen molar-refractivity contribution in [3.8, 4) is 0 Å². The van der Waals surface area contributed by atoms with Crippen molar-refractivity contribution in [2.24, 2.45) is 5.73 Å². The molecule has 0 bridgehead atoms. The Morgan fingerprint density at radius 1 is 1.00 bits per heavy atom. The zero-order valence-corrected chi connectivity index (χ0v) is 15.8. The third-order valence-corrected chi connectivity index (χ3v) is 4.58. The molecule has 138 valence electrons. The summed E-state index contributed by atoms with van der Waals surface area (Å²) >= 11 is 5.88. The third-order valence-electron chi connectivity index (χ3n) is 4.33. The lowest BCUT2D eigenvalue weighted by molar-refractivity contribution is -0.135. The molecule has 1 fully saturated rings. The molecule has 5 nitrogen and oxygen atoms in total. The summed E-state index contributed by atoms with van der Waals surface area (Å²) in [7, 11) is 0. The average molecular weight is 394 g/mol. The van der Waals surface area contributed by atoms with E-state index in [-0.39, 0.29) is 30.8 Å². The molecule has 0 atom stereocenters. The van der Waals surface area contributed by atoms with Gasteiger partial charge in [-0.2, -0.15) is 0 Å². The van der Waals surface area contributed by atoms with E-state index in [9.17, 15) is 9.59 Å². The number of hydrogen-bond donors (Lipinski definition) is 1. The van der Waals surface area contributed by atoms with Gasteiger partial charge in [-0.3, -0.25) is 9.59 Å². The van der Waals surface area contributed by atoms with E-state index >= 15 is 0 Å². The van der Waals surface area contributed by atoms with E-state index in [2.05, 4.69) is 0 Å². The largest absolute Gasteiger partial charge is 0.335 e. The first-order valence-corrected chi connectivity index (χ1v) is 8.55. The standard InChI is InChI=1S/C19H20ClN3O2.ClH/c20-17-7-3-15(4-8-17)12-22-9-10-23(13-18(22)24)19(25)16-5-1-14(11-21)2-6-16;/h1-8H,9-13,21H2;1H. The number of nitrogens with two attached hydrogens (primary N) is 1. The van der Waals surface area contributed by atoms with E-state index in [1.54, 1.807) is 21.9 Å². The first-order chi connectivity index (χ1) is 12.1. The van der Waals surface area contributed by atoms with Crippen LogP contribution in [-0.4, -0.2) is 41.2 Å². The minimum atomic E-state index is -0.122. The summed E-state index contributed by atoms with van der Waals surface area (Å²) in [6, 6.07) is 14.6. The predicted octanol–water partition coefficient (Wildman–Crippen LogP) is 2.71. The van der Waals surface area contributed by atoms with Gasteiger partial charge in [0.05, 0.1) is 0 Å². The molecule has 1 saturated heterocycles. The Labute approximate surface area is 164 Å². The fourth-order valence-corrected chi connectivity index (χ4v) is 2.95. The van der Waals surface area contributed by atoms with Gasteiger partial charge in [-0.1, -0.05) is 35.9 Å². The van der Waals surface area contributed by atoms with Gasteiger partial charge in [0.2, 0.25) is 5.91 Å². The summed E-state index contributed by atoms with van der Waals surface area (Å²) in [5, 5.41) is 0.672. The topological polar surface area (TPSA) is 66.6 Å². The summed E-state index contributed by atoms with van der Waals surface area (Å²) in [6.45, 7) is 2.12. The highest BCUT2D eigenvalue weighted by Gasteiger charge is 2.27. The molecular weight excluding hydrogens is 373 g/mol. The Bertz CT molecular complexity index is 763. The zero-order chi connectivity index (χ0) is 17.8. The van der Waals surface area contributed by atoms with Crippen molar-refractivity contribution in [2.45, 2.75) is 13.1 Å². The normalized spacial score (nSPS) is 14.2. The summed E-state index contributed by atoms with van der Waals surface area (Å²) in [5.74, 6) is -0.170. The highest BCUT2D eigenvalue weighted by atomic mass is 35.5. The molecule has 2 N–H and O–H groups in total. The molecule has 0 radical (unpaired) electrons. The summed E-state index contributed by atoms with van der Waals surface area (Å²) in [5.41, 5.74) is 8.15. The number of rotatable bonds is 4. The fraction of sp³-hybridized carbons (Fsp3) is 0.263. The maximum Gasteiger partial charge on any atom is 0.254 e. The van der Waals surface area contributed by atoms with Crippen LogP contribution in [0.15, 0.2) is 48.5 Å². The monoisotopic (exact) mass is 393 g/mol. The van der Waals surface area contributed by atoms with Gasteiger partial charge >= 0.3 is 0 Å². The van der Waals surface area contributed by atoms with Crippen LogP contribution in [0, 0.1) is 0 Å². The molecule has 0 spiro atoms. The van der Waals surface area contributed by atoms with E-state index in [0.29, 0.717) is 36.8 Å². The van der Waals surface area contributed by atoms with Gasteiger partial charge in [-0.15, -0.1) is 12.4 Å². The SMILES string of the molecule is Cl.NCc1ccc(C(=O)N2CCN(Cc3ccc(Cl)cc3)C(=O)C2)cc1. The number of hydrogen-bond acceptors (Lipinski definition) is 3. The van der Waals surface area contributed by atoms with E-state index in [0.717, 1.165) is 11.1 Å². The minimum Gasteiger partial charge on any atom is -0.335 e. The lowest BCUT2D eigenvalue weighted by Crippen LogP contribution is -2.51. The van der Waals surface area contributed by atoms with Gasteiger partial charge in [0.1, 0.15) is 6.54 Å². The maximum atomic E-state index is 12.6. The molecular formula is C19H21Cl2N3O2. The molecule has 0 aliphatic carbocycles. The molecule has 7 heteroatoms. The van der Waals surface area contributed by atoms with Crippen LogP contribution >= 0.6 is 24.0 Å². The van der Waals surface area contributed by atoms with Crippen molar-refractivity contribution in [1.82, 2.24) is 9.80 Å². The zero-order valence-electron chi connectivity index (χ0n) is 14.2. The molecule has 1 aliphatic heterocycles. The van der Waals surface area contributed by atoms with Gasteiger partial charge < -0.3 is 15.5 Å². The highest BCUT2D eigenvalue weighted by molar-refractivity contribution is 6.30. The Morgan fingerprint density at radius 2 is 1.62 bits per heavy atom. The number of halogens is 2. The van der Waals surface area contributed by atoms with Crippen LogP contribution in [0.4, 0.5) is 0 Å². The number of benzene rings is 2. The van der Waals surface area contributed by atoms with E-state index in [1.807, 2.05) is 36.4 Å². The number of piperazine rings is 1. The molecule has 0 aromatic heterocycles. The molecule has 2 aromatic carbocycles. The molecule has 3 rings (SSSR count). The maximum absolute atomic E-state index is 12.6. The number of carbonyl (C=O) groups is 2. The lowest BCUT2D eigenvalue weighted by atomic mass is 10.1. The first kappa shape index (κ1) is 20.2. The minimum absolute atomic E-state index is 0. The molecule has 2 aromatic rings. The van der Waals surface area contributed by atoms with Gasteiger partial charge in [0.15, 0.2) is 0 Å². The molecule has 1 aliphatic rings. The number of nitrogens with zero attached hydrogens (tertiary/aromatic N) is 2. The van der Waals surface area contributed by atoms with Crippen molar-refractivity contribution >= 4 is 35.8 Å². The second kappa shape index (κ2) is 9.03. The quantitative estimate of drug-likeness (QED) is 0.867. The van der Waals surface area contributed by atoms with Gasteiger partial charge in [-0.05, 0) is 35.4 Å². The number of carbonyl (C=O) groups excluding carboxylic acids is 2. The molecule has 0 unspecified atom stereocenters. The highest BCUT2D eigenvalue weighted by Crippen LogP contribution is 2.15. The van der Waals surface area contributed by atoms with E-state index < -0.39 is 0 Å². The average Bonchev–Trinajstić information content (AvgIpc) is 2.64. The Morgan fingerprint density at radius 3 is 2.19 bits per heavy atom. The van der Waals surface area contributed by atoms with Crippen LogP contribution in [-0.2, 0) is 17.9 Å². The predicted molar refractivity (Wildman–Crippen MR) is 104 cm³/mol. The summed E-state index contributed by atoms with van der Waals surface area (Å²) in [4.78, 5) is 28.3. The summed E-state index contributed by atoms with van der Waals surface area (Å²) < 4.78 is 0. The van der Waals surface area contributed by atoms with Gasteiger partial charge in [0.25, 0.3) is 5.91 Å². The van der Waals surface area contributed by atoms with Crippen LogP contribution in [0.1, 0.15) is 21.5 Å². The van der Waals surface area contributed by atoms with Crippen LogP contribution in [0.5, 0.6) is 0 Å². The first-order valence-electron chi connectivity index (χ1n) is 8.17. The molecule has 0 saturated carbocycles. The van der Waals surface area contributed by atoms with Crippen molar-refractivity contribution in [1.29, 1.82) is 0 Å². The van der Waals surface area contributed by atoms with Crippen molar-refractivity contribution in [2.75, 3.05) is 19.6 Å². The van der Waals surface area contributed by atoms with Crippen LogP contribution in [0.2, 0.25) is 5.02 Å². The molecule has 26 heavy (non-hydrogen) atoms. The van der Waals surface area contributed by atoms with Crippen LogP contribution in [0.25, 0.3) is 0 Å². The Kier molecular flexibility index (Phi) is 7.03. The van der Waals surface area contributed by atoms with Gasteiger partial charge in [0, 0.05) is 36.8 Å². The second-order valence-corrected chi connectivity index (χ2v) is 6.51. The second-order valence-electron chi connectivity index (χ2n) is 6.07. The third kappa shape index (κ3) is 4.75. The fourth-order valence-electron chi connectivity index (χ4n) is 2.83. The molecule has 2 amide bonds. The molecule has 1 heterocycles. The van der Waals surface area contributed by atoms with Crippen LogP contribution < -0.4 is 5.73 Å². The van der Waals surface area contributed by atoms with Crippen molar-refractivity contribution in [3.05, 3.63) is 70.2 Å². The smallest absolute Gasteiger partial charge is 0.254 e. The Balaban J connectivity index is 0.00000243. The van der Waals surface area contributed by atoms with Crippen LogP contribution in [0.3, 0.4) is 0 Å². The Hall–Kier alpha value is -2.08. The summed E-state index contributed by atoms with van der Waals surface area (Å²) in [6.07, 6.45) is 0. The van der Waals surface area contributed by atoms with Gasteiger partial charge in [-0.25, -0.2) is 0 Å². The lowest BCUT2D eigenvalue weighted by Gasteiger charge is -2.34. The van der Waals surface area contributed by atoms with E-state index in [4.69, 9.17) is 17.3 Å². The van der Waals surface area contributed by atoms with Crippen molar-refractivity contribution in [3.63, 3.8) is 0 Å².